The van der Waals surface area contributed by atoms with E-state index in [4.69, 9.17) is 18.9 Å². The lowest BCUT2D eigenvalue weighted by Gasteiger charge is -2.40. The maximum Gasteiger partial charge on any atom is 0.306 e. The topological polar surface area (TPSA) is 186 Å². The van der Waals surface area contributed by atoms with E-state index in [1.165, 1.54) is 70.6 Å². The van der Waals surface area contributed by atoms with Gasteiger partial charge in [-0.15, -0.1) is 0 Å². The van der Waals surface area contributed by atoms with Crippen LogP contribution in [0.4, 0.5) is 0 Å². The molecule has 13 heteroatoms. The molecule has 2 unspecified atom stereocenters. The van der Waals surface area contributed by atoms with Crippen LogP contribution in [0, 0.1) is 0 Å². The number of carbonyl (C=O) groups is 2. The number of carbonyl (C=O) groups excluding carboxylic acids is 2. The van der Waals surface area contributed by atoms with E-state index in [0.717, 1.165) is 44.9 Å². The molecule has 0 bridgehead atoms. The van der Waals surface area contributed by atoms with E-state index in [0.29, 0.717) is 19.3 Å². The molecule has 57 heavy (non-hydrogen) atoms. The smallest absolute Gasteiger partial charge is 0.306 e. The van der Waals surface area contributed by atoms with Crippen LogP contribution in [0.3, 0.4) is 0 Å². The minimum atomic E-state index is -4.61. The summed E-state index contributed by atoms with van der Waals surface area (Å²) in [5, 5.41) is 30.8. The molecule has 0 saturated carbocycles. The van der Waals surface area contributed by atoms with Gasteiger partial charge in [-0.05, 0) is 51.4 Å². The molecule has 4 N–H and O–H groups in total. The summed E-state index contributed by atoms with van der Waals surface area (Å²) in [6.45, 7) is 3.66. The fraction of sp³-hybridized carbons (Fsp3) is 0.773. The Bertz CT molecular complexity index is 1250. The van der Waals surface area contributed by atoms with E-state index < -0.39 is 71.2 Å². The van der Waals surface area contributed by atoms with Crippen LogP contribution < -0.4 is 0 Å². The number of hydrogen-bond donors (Lipinski definition) is 4. The molecule has 1 heterocycles. The van der Waals surface area contributed by atoms with Crippen LogP contribution in [-0.2, 0) is 38.7 Å². The molecule has 6 atom stereocenters. The number of esters is 2. The van der Waals surface area contributed by atoms with Gasteiger partial charge in [0.05, 0.1) is 6.61 Å². The predicted octanol–water partition coefficient (Wildman–Crippen LogP) is 8.39. The fourth-order valence-corrected chi connectivity index (χ4v) is 6.95. The Balaban J connectivity index is 2.47. The first kappa shape index (κ1) is 52.6. The predicted molar refractivity (Wildman–Crippen MR) is 224 cm³/mol. The lowest BCUT2D eigenvalue weighted by Crippen LogP contribution is -2.60. The van der Waals surface area contributed by atoms with Crippen LogP contribution in [0.5, 0.6) is 0 Å². The standard InChI is InChI=1S/C44H76O12S/c1-3-5-7-9-11-13-14-15-16-17-18-19-20-21-22-23-24-25-27-29-31-33-40(46)55-37(34-53-39(45)32-30-28-26-12-10-8-6-4-2)35-54-44-43(49)42(48)41(47)38(56-44)36-57(50,51)52/h16-17,19-20,22-23,25,27,37-38,41-44,47-49H,3-15,18,21,24,26,28-36H2,1-2H3,(H,50,51,52)/b17-16+,20-19+,23-22+,27-25+/t37-,38-,41-,42?,43?,44+/m1/s1. The zero-order valence-electron chi connectivity index (χ0n) is 34.9. The van der Waals surface area contributed by atoms with Gasteiger partial charge in [0.1, 0.15) is 36.8 Å². The average molecular weight is 829 g/mol. The highest BCUT2D eigenvalue weighted by Crippen LogP contribution is 2.24. The quantitative estimate of drug-likeness (QED) is 0.0207. The van der Waals surface area contributed by atoms with Gasteiger partial charge >= 0.3 is 11.9 Å². The van der Waals surface area contributed by atoms with Crippen LogP contribution in [0.15, 0.2) is 48.6 Å². The van der Waals surface area contributed by atoms with Crippen molar-refractivity contribution in [2.24, 2.45) is 0 Å². The van der Waals surface area contributed by atoms with Gasteiger partial charge in [-0.2, -0.15) is 8.42 Å². The van der Waals surface area contributed by atoms with Crippen LogP contribution in [0.1, 0.15) is 162 Å². The fourth-order valence-electron chi connectivity index (χ4n) is 6.26. The van der Waals surface area contributed by atoms with Gasteiger partial charge in [-0.3, -0.25) is 14.1 Å². The molecule has 12 nitrogen and oxygen atoms in total. The summed E-state index contributed by atoms with van der Waals surface area (Å²) >= 11 is 0. The zero-order valence-corrected chi connectivity index (χ0v) is 35.7. The van der Waals surface area contributed by atoms with Gasteiger partial charge in [-0.1, -0.05) is 146 Å². The van der Waals surface area contributed by atoms with Crippen LogP contribution in [0.2, 0.25) is 0 Å². The minimum Gasteiger partial charge on any atom is -0.462 e. The highest BCUT2D eigenvalue weighted by molar-refractivity contribution is 7.85. The largest absolute Gasteiger partial charge is 0.462 e. The molecule has 0 aromatic carbocycles. The third kappa shape index (κ3) is 29.5. The van der Waals surface area contributed by atoms with Gasteiger partial charge in [-0.25, -0.2) is 0 Å². The molecule has 0 radical (unpaired) electrons. The molecular weight excluding hydrogens is 753 g/mol. The van der Waals surface area contributed by atoms with Crippen molar-refractivity contribution in [2.75, 3.05) is 19.0 Å². The van der Waals surface area contributed by atoms with Crippen molar-refractivity contribution in [2.45, 2.75) is 198 Å². The molecule has 1 aliphatic rings. The van der Waals surface area contributed by atoms with Crippen LogP contribution in [-0.4, -0.2) is 96.0 Å². The second-order valence-corrected chi connectivity index (χ2v) is 16.5. The van der Waals surface area contributed by atoms with E-state index in [1.54, 1.807) is 0 Å². The lowest BCUT2D eigenvalue weighted by molar-refractivity contribution is -0.297. The van der Waals surface area contributed by atoms with Crippen LogP contribution in [0.25, 0.3) is 0 Å². The Labute approximate surface area is 343 Å². The minimum absolute atomic E-state index is 0.0884. The Hall–Kier alpha value is -2.39. The van der Waals surface area contributed by atoms with Crippen molar-refractivity contribution in [3.05, 3.63) is 48.6 Å². The molecule has 1 rings (SSSR count). The van der Waals surface area contributed by atoms with E-state index in [9.17, 15) is 37.9 Å². The SMILES string of the molecule is CCCCCCCCC/C=C/C/C=C/C/C=C/C/C=C/CCCC(=O)O[C@H](COC(=O)CCCCCCCCCC)CO[C@H]1O[C@H](CS(=O)(=O)O)[C@@H](O)C(O)C1O. The van der Waals surface area contributed by atoms with Gasteiger partial charge in [0, 0.05) is 12.8 Å². The summed E-state index contributed by atoms with van der Waals surface area (Å²) in [6, 6.07) is 0. The Morgan fingerprint density at radius 2 is 1.07 bits per heavy atom. The summed E-state index contributed by atoms with van der Waals surface area (Å²) in [7, 11) is -4.61. The number of ether oxygens (including phenoxy) is 4. The first-order chi connectivity index (χ1) is 27.5. The van der Waals surface area contributed by atoms with Gasteiger partial charge in [0.25, 0.3) is 10.1 Å². The van der Waals surface area contributed by atoms with E-state index in [1.807, 2.05) is 12.2 Å². The maximum absolute atomic E-state index is 12.7. The number of rotatable bonds is 35. The third-order valence-electron chi connectivity index (χ3n) is 9.66. The Kier molecular flexibility index (Phi) is 31.8. The first-order valence-electron chi connectivity index (χ1n) is 21.7. The Morgan fingerprint density at radius 3 is 1.61 bits per heavy atom. The number of aliphatic hydroxyl groups excluding tert-OH is 3. The summed E-state index contributed by atoms with van der Waals surface area (Å²) in [6.07, 6.45) is 30.5. The number of aliphatic hydroxyl groups is 3. The molecule has 0 aliphatic carbocycles. The summed E-state index contributed by atoms with van der Waals surface area (Å²) in [5.74, 6) is -2.06. The summed E-state index contributed by atoms with van der Waals surface area (Å²) in [5.41, 5.74) is 0. The second-order valence-electron chi connectivity index (χ2n) is 15.0. The lowest BCUT2D eigenvalue weighted by atomic mass is 10.00. The van der Waals surface area contributed by atoms with Gasteiger partial charge in [0.15, 0.2) is 12.4 Å². The molecule has 0 aromatic rings. The Morgan fingerprint density at radius 1 is 0.596 bits per heavy atom. The van der Waals surface area contributed by atoms with E-state index in [2.05, 4.69) is 50.3 Å². The molecule has 1 fully saturated rings. The molecule has 330 valence electrons. The summed E-state index contributed by atoms with van der Waals surface area (Å²) < 4.78 is 53.8. The number of allylic oxidation sites excluding steroid dienone is 8. The number of unbranched alkanes of at least 4 members (excludes halogenated alkanes) is 15. The van der Waals surface area contributed by atoms with Crippen molar-refractivity contribution >= 4 is 22.1 Å². The van der Waals surface area contributed by atoms with Gasteiger partial charge in [0.2, 0.25) is 0 Å². The van der Waals surface area contributed by atoms with Crippen LogP contribution >= 0.6 is 0 Å². The molecule has 0 aromatic heterocycles. The third-order valence-corrected chi connectivity index (χ3v) is 10.4. The molecule has 1 saturated heterocycles. The number of hydrogen-bond acceptors (Lipinski definition) is 11. The average Bonchev–Trinajstić information content (AvgIpc) is 3.17. The van der Waals surface area contributed by atoms with Crippen molar-refractivity contribution in [1.82, 2.24) is 0 Å². The van der Waals surface area contributed by atoms with E-state index in [-0.39, 0.29) is 19.4 Å². The molecule has 0 spiro atoms. The molecule has 0 amide bonds. The second kappa shape index (κ2) is 34.5. The highest BCUT2D eigenvalue weighted by Gasteiger charge is 2.46. The molecular formula is C44H76O12S. The molecule has 1 aliphatic heterocycles. The van der Waals surface area contributed by atoms with Gasteiger partial charge < -0.3 is 34.3 Å². The highest BCUT2D eigenvalue weighted by atomic mass is 32.2. The normalized spacial score (nSPS) is 21.0. The van der Waals surface area contributed by atoms with Crippen molar-refractivity contribution in [1.29, 1.82) is 0 Å². The van der Waals surface area contributed by atoms with Crippen molar-refractivity contribution < 1.29 is 56.8 Å². The monoisotopic (exact) mass is 829 g/mol. The van der Waals surface area contributed by atoms with E-state index >= 15 is 0 Å². The summed E-state index contributed by atoms with van der Waals surface area (Å²) in [4.78, 5) is 25.2. The van der Waals surface area contributed by atoms with Crippen molar-refractivity contribution in [3.63, 3.8) is 0 Å². The first-order valence-corrected chi connectivity index (χ1v) is 23.3. The van der Waals surface area contributed by atoms with Crippen molar-refractivity contribution in [3.8, 4) is 0 Å². The maximum atomic E-state index is 12.7. The zero-order chi connectivity index (χ0) is 42.0.